The maximum absolute atomic E-state index is 14.4. The second-order valence-electron chi connectivity index (χ2n) is 10.4. The van der Waals surface area contributed by atoms with Crippen LogP contribution in [0.15, 0.2) is 96.0 Å². The minimum atomic E-state index is -4.59. The number of hydrogen-bond donors (Lipinski definition) is 0. The summed E-state index contributed by atoms with van der Waals surface area (Å²) in [4.78, 5) is 17.3. The number of sulfonamides is 1. The van der Waals surface area contributed by atoms with Crippen LogP contribution in [-0.2, 0) is 34.0 Å². The molecular formula is C32H27F5N2O4S. The van der Waals surface area contributed by atoms with Crippen molar-refractivity contribution in [1.82, 2.24) is 9.29 Å². The summed E-state index contributed by atoms with van der Waals surface area (Å²) in [6.45, 7) is -0.465. The van der Waals surface area contributed by atoms with Crippen molar-refractivity contribution in [2.24, 2.45) is 0 Å². The van der Waals surface area contributed by atoms with Gasteiger partial charge in [0.15, 0.2) is 5.78 Å². The van der Waals surface area contributed by atoms with Crippen molar-refractivity contribution in [1.29, 1.82) is 0 Å². The van der Waals surface area contributed by atoms with E-state index in [2.05, 4.69) is 4.98 Å². The molecule has 12 heteroatoms. The maximum Gasteiger partial charge on any atom is 0.416 e. The van der Waals surface area contributed by atoms with E-state index in [1.807, 2.05) is 6.07 Å². The molecule has 4 aromatic rings. The van der Waals surface area contributed by atoms with Crippen LogP contribution in [-0.4, -0.2) is 42.2 Å². The van der Waals surface area contributed by atoms with Gasteiger partial charge >= 0.3 is 6.18 Å². The number of ketones is 1. The molecule has 0 spiro atoms. The van der Waals surface area contributed by atoms with E-state index in [4.69, 9.17) is 4.74 Å². The normalized spacial score (nSPS) is 17.5. The van der Waals surface area contributed by atoms with E-state index in [1.54, 1.807) is 36.4 Å². The lowest BCUT2D eigenvalue weighted by molar-refractivity contribution is -0.137. The van der Waals surface area contributed by atoms with Crippen molar-refractivity contribution in [3.8, 4) is 17.0 Å². The van der Waals surface area contributed by atoms with Crippen LogP contribution in [0.3, 0.4) is 0 Å². The lowest BCUT2D eigenvalue weighted by Gasteiger charge is -2.23. The minimum absolute atomic E-state index is 0.0222. The second-order valence-corrected chi connectivity index (χ2v) is 12.3. The van der Waals surface area contributed by atoms with Crippen molar-refractivity contribution in [2.75, 3.05) is 6.54 Å². The number of ether oxygens (including phenoxy) is 1. The van der Waals surface area contributed by atoms with Gasteiger partial charge in [-0.05, 0) is 72.1 Å². The molecule has 1 fully saturated rings. The van der Waals surface area contributed by atoms with E-state index in [0.29, 0.717) is 16.8 Å². The first kappa shape index (κ1) is 31.3. The molecule has 2 heterocycles. The van der Waals surface area contributed by atoms with Crippen LogP contribution in [0.25, 0.3) is 11.3 Å². The molecule has 0 aliphatic carbocycles. The van der Waals surface area contributed by atoms with E-state index in [9.17, 15) is 35.2 Å². The molecule has 230 valence electrons. The van der Waals surface area contributed by atoms with Crippen LogP contribution in [0.2, 0.25) is 0 Å². The topological polar surface area (TPSA) is 76.6 Å². The van der Waals surface area contributed by atoms with Crippen LogP contribution in [0.4, 0.5) is 22.0 Å². The molecule has 0 bridgehead atoms. The molecule has 2 atom stereocenters. The van der Waals surface area contributed by atoms with Gasteiger partial charge in [0.1, 0.15) is 24.3 Å². The molecule has 44 heavy (non-hydrogen) atoms. The SMILES string of the molecule is O=C(CCc1ccnc(-c2ccc(C(F)(F)F)cc2OCc2ccccc2)c1)[C@@H]1C[C@@H](F)CN1S(=O)(=O)c1ccc(F)cc1. The number of aromatic nitrogens is 1. The summed E-state index contributed by atoms with van der Waals surface area (Å²) in [5.41, 5.74) is 1.12. The molecule has 0 saturated carbocycles. The van der Waals surface area contributed by atoms with Crippen LogP contribution >= 0.6 is 0 Å². The van der Waals surface area contributed by atoms with Crippen LogP contribution < -0.4 is 4.74 Å². The average molecular weight is 631 g/mol. The summed E-state index contributed by atoms with van der Waals surface area (Å²) in [5, 5.41) is 0. The number of alkyl halides is 4. The molecular weight excluding hydrogens is 603 g/mol. The fraction of sp³-hybridized carbons (Fsp3) is 0.250. The van der Waals surface area contributed by atoms with Crippen molar-refractivity contribution >= 4 is 15.8 Å². The molecule has 1 aliphatic heterocycles. The third-order valence-electron chi connectivity index (χ3n) is 7.30. The van der Waals surface area contributed by atoms with Gasteiger partial charge in [-0.3, -0.25) is 9.78 Å². The quantitative estimate of drug-likeness (QED) is 0.181. The molecule has 1 aromatic heterocycles. The molecule has 1 aliphatic rings. The molecule has 1 saturated heterocycles. The zero-order valence-electron chi connectivity index (χ0n) is 23.2. The molecule has 0 unspecified atom stereocenters. The van der Waals surface area contributed by atoms with Gasteiger partial charge in [-0.25, -0.2) is 17.2 Å². The van der Waals surface area contributed by atoms with E-state index in [0.717, 1.165) is 46.3 Å². The first-order chi connectivity index (χ1) is 20.9. The zero-order chi connectivity index (χ0) is 31.5. The largest absolute Gasteiger partial charge is 0.488 e. The molecule has 0 N–H and O–H groups in total. The van der Waals surface area contributed by atoms with Crippen molar-refractivity contribution < 1.29 is 39.9 Å². The summed E-state index contributed by atoms with van der Waals surface area (Å²) in [5.74, 6) is -1.15. The number of hydrogen-bond acceptors (Lipinski definition) is 5. The Balaban J connectivity index is 1.34. The number of rotatable bonds is 10. The predicted molar refractivity (Wildman–Crippen MR) is 152 cm³/mol. The Labute approximate surface area is 251 Å². The lowest BCUT2D eigenvalue weighted by atomic mass is 10.0. The zero-order valence-corrected chi connectivity index (χ0v) is 24.0. The Kier molecular flexibility index (Phi) is 9.12. The Hall–Kier alpha value is -4.16. The van der Waals surface area contributed by atoms with Gasteiger partial charge in [0.2, 0.25) is 10.0 Å². The standard InChI is InChI=1S/C32H27F5N2O4S/c33-24-8-10-26(11-9-24)44(41,42)39-19-25(34)18-29(39)30(40)13-6-21-14-15-38-28(16-21)27-12-7-23(32(35,36)37)17-31(27)43-20-22-4-2-1-3-5-22/h1-5,7-12,14-17,25,29H,6,13,18-20H2/t25-,29+/m1/s1. The Morgan fingerprint density at radius 1 is 0.955 bits per heavy atom. The highest BCUT2D eigenvalue weighted by Gasteiger charge is 2.43. The highest BCUT2D eigenvalue weighted by molar-refractivity contribution is 7.89. The monoisotopic (exact) mass is 630 g/mol. The fourth-order valence-corrected chi connectivity index (χ4v) is 6.68. The predicted octanol–water partition coefficient (Wildman–Crippen LogP) is 6.79. The third kappa shape index (κ3) is 7.13. The molecule has 0 amide bonds. The number of benzene rings is 3. The van der Waals surface area contributed by atoms with E-state index >= 15 is 0 Å². The summed E-state index contributed by atoms with van der Waals surface area (Å²) in [7, 11) is -4.25. The summed E-state index contributed by atoms with van der Waals surface area (Å²) in [6, 6.07) is 18.2. The minimum Gasteiger partial charge on any atom is -0.488 e. The van der Waals surface area contributed by atoms with E-state index in [1.165, 1.54) is 12.3 Å². The van der Waals surface area contributed by atoms with Crippen molar-refractivity contribution in [3.63, 3.8) is 0 Å². The van der Waals surface area contributed by atoms with Crippen LogP contribution in [0.1, 0.15) is 29.5 Å². The number of halogens is 5. The molecule has 0 radical (unpaired) electrons. The first-order valence-corrected chi connectivity index (χ1v) is 15.1. The number of pyridine rings is 1. The number of carbonyl (C=O) groups excluding carboxylic acids is 1. The molecule has 3 aromatic carbocycles. The third-order valence-corrected chi connectivity index (χ3v) is 9.19. The van der Waals surface area contributed by atoms with Crippen molar-refractivity contribution in [3.05, 3.63) is 114 Å². The smallest absolute Gasteiger partial charge is 0.416 e. The van der Waals surface area contributed by atoms with Gasteiger partial charge in [-0.2, -0.15) is 17.5 Å². The Morgan fingerprint density at radius 3 is 2.39 bits per heavy atom. The Bertz CT molecular complexity index is 1730. The van der Waals surface area contributed by atoms with E-state index < -0.39 is 52.1 Å². The van der Waals surface area contributed by atoms with Crippen LogP contribution in [0, 0.1) is 5.82 Å². The van der Waals surface area contributed by atoms with Gasteiger partial charge < -0.3 is 4.74 Å². The highest BCUT2D eigenvalue weighted by atomic mass is 32.2. The van der Waals surface area contributed by atoms with Gasteiger partial charge in [-0.1, -0.05) is 30.3 Å². The molecule has 6 nitrogen and oxygen atoms in total. The molecule has 5 rings (SSSR count). The van der Waals surface area contributed by atoms with Gasteiger partial charge in [0, 0.05) is 31.1 Å². The van der Waals surface area contributed by atoms with E-state index in [-0.39, 0.29) is 36.5 Å². The number of Topliss-reactive ketones (excluding diaryl/α,β-unsaturated/α-hetero) is 1. The Morgan fingerprint density at radius 2 is 1.68 bits per heavy atom. The van der Waals surface area contributed by atoms with Gasteiger partial charge in [-0.15, -0.1) is 0 Å². The average Bonchev–Trinajstić information content (AvgIpc) is 3.42. The first-order valence-electron chi connectivity index (χ1n) is 13.7. The lowest BCUT2D eigenvalue weighted by Crippen LogP contribution is -2.40. The number of aryl methyl sites for hydroxylation is 1. The second kappa shape index (κ2) is 12.8. The van der Waals surface area contributed by atoms with Crippen molar-refractivity contribution in [2.45, 2.75) is 49.2 Å². The number of carbonyl (C=O) groups is 1. The van der Waals surface area contributed by atoms with Gasteiger partial charge in [0.25, 0.3) is 0 Å². The summed E-state index contributed by atoms with van der Waals surface area (Å²) in [6.07, 6.45) is -4.95. The van der Waals surface area contributed by atoms with Gasteiger partial charge in [0.05, 0.1) is 22.2 Å². The fourth-order valence-electron chi connectivity index (χ4n) is 5.03. The summed E-state index contributed by atoms with van der Waals surface area (Å²) < 4.78 is 101. The number of nitrogens with zero attached hydrogens (tertiary/aromatic N) is 2. The van der Waals surface area contributed by atoms with Crippen LogP contribution in [0.5, 0.6) is 5.75 Å². The highest BCUT2D eigenvalue weighted by Crippen LogP contribution is 2.37. The summed E-state index contributed by atoms with van der Waals surface area (Å²) >= 11 is 0. The maximum atomic E-state index is 14.4.